The summed E-state index contributed by atoms with van der Waals surface area (Å²) in [7, 11) is 1.49. The monoisotopic (exact) mass is 344 g/mol. The normalized spacial score (nSPS) is 13.0. The van der Waals surface area contributed by atoms with Crippen LogP contribution in [-0.2, 0) is 4.79 Å². The lowest BCUT2D eigenvalue weighted by molar-refractivity contribution is -0.116. The third kappa shape index (κ3) is 2.83. The number of hydrogen-bond acceptors (Lipinski definition) is 4. The largest absolute Gasteiger partial charge is 0.495 e. The minimum absolute atomic E-state index is 0.206. The summed E-state index contributed by atoms with van der Waals surface area (Å²) in [5, 5.41) is 2.99. The van der Waals surface area contributed by atoms with E-state index in [-0.39, 0.29) is 17.7 Å². The van der Waals surface area contributed by atoms with Crippen LogP contribution < -0.4 is 10.1 Å². The predicted molar refractivity (Wildman–Crippen MR) is 88.4 cm³/mol. The van der Waals surface area contributed by atoms with E-state index in [1.165, 1.54) is 25.3 Å². The van der Waals surface area contributed by atoms with E-state index >= 15 is 0 Å². The fourth-order valence-corrected chi connectivity index (χ4v) is 2.66. The Balaban J connectivity index is 1.76. The fraction of sp³-hybridized carbons (Fsp3) is 0.118. The minimum atomic E-state index is -0.535. The topological polar surface area (TPSA) is 75.7 Å². The van der Waals surface area contributed by atoms with Gasteiger partial charge in [-0.3, -0.25) is 19.3 Å². The minimum Gasteiger partial charge on any atom is -0.495 e. The van der Waals surface area contributed by atoms with Crippen molar-refractivity contribution in [3.05, 3.63) is 58.6 Å². The lowest BCUT2D eigenvalue weighted by Gasteiger charge is -2.14. The van der Waals surface area contributed by atoms with Gasteiger partial charge in [-0.15, -0.1) is 0 Å². The Hall–Kier alpha value is -2.86. The maximum atomic E-state index is 12.3. The standard InChI is InChI=1S/C17H13ClN2O4/c1-24-14-5-3-2-4-13(14)19-15(21)9-20-16(22)11-7-6-10(18)8-12(11)17(20)23/h2-8H,9H2,1H3,(H,19,21). The Morgan fingerprint density at radius 1 is 1.12 bits per heavy atom. The van der Waals surface area contributed by atoms with Gasteiger partial charge in [0.25, 0.3) is 11.8 Å². The zero-order valence-corrected chi connectivity index (χ0v) is 13.5. The highest BCUT2D eigenvalue weighted by atomic mass is 35.5. The molecule has 1 aliphatic rings. The third-order valence-corrected chi connectivity index (χ3v) is 3.85. The van der Waals surface area contributed by atoms with Crippen LogP contribution in [0.3, 0.4) is 0 Å². The average Bonchev–Trinajstić information content (AvgIpc) is 2.80. The molecule has 2 aromatic rings. The molecule has 0 saturated carbocycles. The molecule has 1 aliphatic heterocycles. The molecule has 0 unspecified atom stereocenters. The van der Waals surface area contributed by atoms with E-state index in [4.69, 9.17) is 16.3 Å². The Morgan fingerprint density at radius 3 is 2.58 bits per heavy atom. The molecule has 1 heterocycles. The molecule has 3 rings (SSSR count). The van der Waals surface area contributed by atoms with Crippen LogP contribution in [0.4, 0.5) is 5.69 Å². The second-order valence-electron chi connectivity index (χ2n) is 5.13. The molecule has 122 valence electrons. The van der Waals surface area contributed by atoms with E-state index < -0.39 is 17.7 Å². The first-order chi connectivity index (χ1) is 11.5. The number of amides is 3. The molecule has 3 amide bonds. The van der Waals surface area contributed by atoms with Crippen LogP contribution in [0.25, 0.3) is 0 Å². The lowest BCUT2D eigenvalue weighted by Crippen LogP contribution is -2.37. The van der Waals surface area contributed by atoms with Gasteiger partial charge in [-0.1, -0.05) is 23.7 Å². The molecule has 7 heteroatoms. The van der Waals surface area contributed by atoms with Gasteiger partial charge in [0.05, 0.1) is 23.9 Å². The summed E-state index contributed by atoms with van der Waals surface area (Å²) >= 11 is 5.86. The van der Waals surface area contributed by atoms with Gasteiger partial charge in [0.15, 0.2) is 0 Å². The van der Waals surface area contributed by atoms with Gasteiger partial charge in [-0.05, 0) is 30.3 Å². The summed E-state index contributed by atoms with van der Waals surface area (Å²) in [6.07, 6.45) is 0. The van der Waals surface area contributed by atoms with Gasteiger partial charge >= 0.3 is 0 Å². The number of imide groups is 1. The number of para-hydroxylation sites is 2. The molecule has 1 N–H and O–H groups in total. The van der Waals surface area contributed by atoms with Gasteiger partial charge in [-0.25, -0.2) is 0 Å². The van der Waals surface area contributed by atoms with Crippen LogP contribution in [0, 0.1) is 0 Å². The first-order valence-corrected chi connectivity index (χ1v) is 7.47. The maximum absolute atomic E-state index is 12.3. The van der Waals surface area contributed by atoms with Gasteiger partial charge in [-0.2, -0.15) is 0 Å². The lowest BCUT2D eigenvalue weighted by atomic mass is 10.1. The number of halogens is 1. The molecule has 0 aromatic heterocycles. The molecule has 2 aromatic carbocycles. The van der Waals surface area contributed by atoms with Crippen LogP contribution in [0.1, 0.15) is 20.7 Å². The van der Waals surface area contributed by atoms with Crippen molar-refractivity contribution in [2.75, 3.05) is 19.0 Å². The van der Waals surface area contributed by atoms with Crippen LogP contribution in [0.2, 0.25) is 5.02 Å². The molecule has 0 spiro atoms. The zero-order valence-electron chi connectivity index (χ0n) is 12.7. The van der Waals surface area contributed by atoms with E-state index in [1.807, 2.05) is 0 Å². The number of carbonyl (C=O) groups excluding carboxylic acids is 3. The van der Waals surface area contributed by atoms with Crippen molar-refractivity contribution in [3.63, 3.8) is 0 Å². The number of fused-ring (bicyclic) bond motifs is 1. The van der Waals surface area contributed by atoms with Crippen LogP contribution in [0.5, 0.6) is 5.75 Å². The molecular weight excluding hydrogens is 332 g/mol. The van der Waals surface area contributed by atoms with Crippen molar-refractivity contribution in [2.24, 2.45) is 0 Å². The highest BCUT2D eigenvalue weighted by Gasteiger charge is 2.36. The quantitative estimate of drug-likeness (QED) is 0.865. The number of hydrogen-bond donors (Lipinski definition) is 1. The number of nitrogens with one attached hydrogen (secondary N) is 1. The maximum Gasteiger partial charge on any atom is 0.262 e. The Kier molecular flexibility index (Phi) is 4.22. The smallest absolute Gasteiger partial charge is 0.262 e. The van der Waals surface area contributed by atoms with E-state index in [2.05, 4.69) is 5.32 Å². The number of benzene rings is 2. The number of rotatable bonds is 4. The van der Waals surface area contributed by atoms with E-state index in [9.17, 15) is 14.4 Å². The highest BCUT2D eigenvalue weighted by Crippen LogP contribution is 2.26. The summed E-state index contributed by atoms with van der Waals surface area (Å²) in [6, 6.07) is 11.3. The fourth-order valence-electron chi connectivity index (χ4n) is 2.49. The van der Waals surface area contributed by atoms with Crippen LogP contribution in [-0.4, -0.2) is 36.3 Å². The first kappa shape index (κ1) is 16.0. The van der Waals surface area contributed by atoms with E-state index in [0.717, 1.165) is 4.90 Å². The van der Waals surface area contributed by atoms with E-state index in [1.54, 1.807) is 24.3 Å². The van der Waals surface area contributed by atoms with Crippen molar-refractivity contribution in [2.45, 2.75) is 0 Å². The molecule has 24 heavy (non-hydrogen) atoms. The second kappa shape index (κ2) is 6.33. The SMILES string of the molecule is COc1ccccc1NC(=O)CN1C(=O)c2ccc(Cl)cc2C1=O. The zero-order chi connectivity index (χ0) is 17.3. The van der Waals surface area contributed by atoms with Crippen molar-refractivity contribution in [1.29, 1.82) is 0 Å². The number of ether oxygens (including phenoxy) is 1. The molecule has 0 aliphatic carbocycles. The van der Waals surface area contributed by atoms with Crippen LogP contribution in [0.15, 0.2) is 42.5 Å². The van der Waals surface area contributed by atoms with Gasteiger partial charge in [0.1, 0.15) is 12.3 Å². The van der Waals surface area contributed by atoms with Crippen LogP contribution >= 0.6 is 11.6 Å². The molecule has 0 bridgehead atoms. The summed E-state index contributed by atoms with van der Waals surface area (Å²) in [6.45, 7) is -0.387. The number of nitrogens with zero attached hydrogens (tertiary/aromatic N) is 1. The van der Waals surface area contributed by atoms with Crippen molar-refractivity contribution in [1.82, 2.24) is 4.90 Å². The van der Waals surface area contributed by atoms with Gasteiger partial charge in [0.2, 0.25) is 5.91 Å². The second-order valence-corrected chi connectivity index (χ2v) is 5.57. The van der Waals surface area contributed by atoms with Crippen molar-refractivity contribution in [3.8, 4) is 5.75 Å². The van der Waals surface area contributed by atoms with Gasteiger partial charge < -0.3 is 10.1 Å². The van der Waals surface area contributed by atoms with E-state index in [0.29, 0.717) is 16.5 Å². The Labute approximate surface area is 143 Å². The highest BCUT2D eigenvalue weighted by molar-refractivity contribution is 6.32. The summed E-state index contributed by atoms with van der Waals surface area (Å²) in [5.74, 6) is -1.06. The molecule has 0 saturated heterocycles. The summed E-state index contributed by atoms with van der Waals surface area (Å²) in [5.41, 5.74) is 0.914. The third-order valence-electron chi connectivity index (χ3n) is 3.62. The van der Waals surface area contributed by atoms with Crippen molar-refractivity contribution >= 4 is 35.0 Å². The number of methoxy groups -OCH3 is 1. The number of carbonyl (C=O) groups is 3. The number of anilines is 1. The molecular formula is C17H13ClN2O4. The predicted octanol–water partition coefficient (Wildman–Crippen LogP) is 2.58. The van der Waals surface area contributed by atoms with Gasteiger partial charge in [0, 0.05) is 5.02 Å². The summed E-state index contributed by atoms with van der Waals surface area (Å²) in [4.78, 5) is 37.7. The Morgan fingerprint density at radius 2 is 1.83 bits per heavy atom. The molecule has 0 atom stereocenters. The molecule has 6 nitrogen and oxygen atoms in total. The first-order valence-electron chi connectivity index (χ1n) is 7.10. The van der Waals surface area contributed by atoms with Crippen molar-refractivity contribution < 1.29 is 19.1 Å². The molecule has 0 fully saturated rings. The Bertz CT molecular complexity index is 850. The average molecular weight is 345 g/mol. The molecule has 0 radical (unpaired) electrons. The summed E-state index contributed by atoms with van der Waals surface area (Å²) < 4.78 is 5.15.